The number of nitrogens with zero attached hydrogens (tertiary/aromatic N) is 3. The van der Waals surface area contributed by atoms with Gasteiger partial charge in [0.15, 0.2) is 5.76 Å². The minimum absolute atomic E-state index is 0.0158. The number of Topliss-reactive ketones (excluding diaryl/α,β-unsaturated/α-hetero) is 1. The highest BCUT2D eigenvalue weighted by Gasteiger charge is 2.44. The summed E-state index contributed by atoms with van der Waals surface area (Å²) >= 11 is 1.23. The summed E-state index contributed by atoms with van der Waals surface area (Å²) in [4.78, 5) is 34.1. The molecule has 28 heavy (non-hydrogen) atoms. The lowest BCUT2D eigenvalue weighted by atomic mass is 9.95. The molecule has 1 aromatic heterocycles. The third-order valence-corrected chi connectivity index (χ3v) is 5.70. The Balaban J connectivity index is 2.08. The minimum atomic E-state index is -0.776. The van der Waals surface area contributed by atoms with E-state index in [1.165, 1.54) is 40.5 Å². The Morgan fingerprint density at radius 1 is 1.29 bits per heavy atom. The van der Waals surface area contributed by atoms with Crippen molar-refractivity contribution in [2.45, 2.75) is 19.9 Å². The van der Waals surface area contributed by atoms with Crippen molar-refractivity contribution in [2.75, 3.05) is 27.2 Å². The van der Waals surface area contributed by atoms with Gasteiger partial charge in [-0.15, -0.1) is 11.3 Å². The van der Waals surface area contributed by atoms with Gasteiger partial charge in [0.25, 0.3) is 5.91 Å². The summed E-state index contributed by atoms with van der Waals surface area (Å²) in [6.45, 7) is 4.39. The van der Waals surface area contributed by atoms with E-state index in [2.05, 4.69) is 4.98 Å². The summed E-state index contributed by atoms with van der Waals surface area (Å²) in [6.07, 6.45) is 0. The predicted molar refractivity (Wildman–Crippen MR) is 105 cm³/mol. The number of amides is 1. The molecule has 1 N–H and O–H groups in total. The van der Waals surface area contributed by atoms with Crippen LogP contribution in [0.25, 0.3) is 0 Å². The van der Waals surface area contributed by atoms with Crippen molar-refractivity contribution >= 4 is 23.0 Å². The van der Waals surface area contributed by atoms with Gasteiger partial charge in [0.1, 0.15) is 5.82 Å². The van der Waals surface area contributed by atoms with Crippen LogP contribution in [-0.2, 0) is 4.79 Å². The number of aliphatic hydroxyl groups is 1. The van der Waals surface area contributed by atoms with Crippen LogP contribution in [0, 0.1) is 19.7 Å². The molecular formula is C20H22FN3O3S. The smallest absolute Gasteiger partial charge is 0.290 e. The van der Waals surface area contributed by atoms with E-state index in [1.54, 1.807) is 13.8 Å². The molecule has 1 atom stereocenters. The van der Waals surface area contributed by atoms with Gasteiger partial charge >= 0.3 is 0 Å². The summed E-state index contributed by atoms with van der Waals surface area (Å²) in [5.74, 6) is -1.99. The van der Waals surface area contributed by atoms with Gasteiger partial charge < -0.3 is 14.9 Å². The first-order valence-corrected chi connectivity index (χ1v) is 9.65. The molecule has 2 heterocycles. The summed E-state index contributed by atoms with van der Waals surface area (Å²) in [5, 5.41) is 11.3. The summed E-state index contributed by atoms with van der Waals surface area (Å²) in [7, 11) is 3.74. The molecule has 148 valence electrons. The van der Waals surface area contributed by atoms with Gasteiger partial charge in [-0.25, -0.2) is 9.37 Å². The average molecular weight is 403 g/mol. The fourth-order valence-corrected chi connectivity index (χ4v) is 4.15. The molecule has 1 aromatic carbocycles. The number of aryl methyl sites for hydroxylation is 2. The predicted octanol–water partition coefficient (Wildman–Crippen LogP) is 3.04. The molecule has 1 aliphatic rings. The molecule has 6 nitrogen and oxygen atoms in total. The quantitative estimate of drug-likeness (QED) is 0.751. The molecule has 0 bridgehead atoms. The molecule has 0 radical (unpaired) electrons. The third-order valence-electron chi connectivity index (χ3n) is 4.63. The lowest BCUT2D eigenvalue weighted by molar-refractivity contribution is -0.129. The van der Waals surface area contributed by atoms with Crippen molar-refractivity contribution in [2.24, 2.45) is 0 Å². The molecule has 0 aliphatic carbocycles. The maximum absolute atomic E-state index is 13.4. The van der Waals surface area contributed by atoms with Crippen LogP contribution in [0.3, 0.4) is 0 Å². The van der Waals surface area contributed by atoms with E-state index in [4.69, 9.17) is 0 Å². The number of carbonyl (C=O) groups excluding carboxylic acids is 2. The van der Waals surface area contributed by atoms with Crippen LogP contribution < -0.4 is 0 Å². The number of benzene rings is 1. The van der Waals surface area contributed by atoms with Crippen LogP contribution in [0.1, 0.15) is 32.0 Å². The third kappa shape index (κ3) is 3.70. The highest BCUT2D eigenvalue weighted by molar-refractivity contribution is 7.14. The van der Waals surface area contributed by atoms with E-state index < -0.39 is 29.3 Å². The number of likely N-dealkylation sites (N-methyl/N-ethyl adjacent to an activating group) is 1. The number of carbonyl (C=O) groups is 2. The van der Waals surface area contributed by atoms with Gasteiger partial charge in [-0.2, -0.15) is 0 Å². The fourth-order valence-electron chi connectivity index (χ4n) is 3.28. The monoisotopic (exact) mass is 403 g/mol. The molecule has 3 rings (SSSR count). The fraction of sp³-hybridized carbons (Fsp3) is 0.350. The van der Waals surface area contributed by atoms with Gasteiger partial charge in [0.2, 0.25) is 5.78 Å². The number of thiazole rings is 1. The molecule has 0 spiro atoms. The Morgan fingerprint density at radius 3 is 2.46 bits per heavy atom. The summed E-state index contributed by atoms with van der Waals surface area (Å²) in [6, 6.07) is 4.86. The lowest BCUT2D eigenvalue weighted by Crippen LogP contribution is -2.36. The number of hydrogen-bond acceptors (Lipinski definition) is 6. The number of halogens is 1. The number of aliphatic hydroxyl groups excluding tert-OH is 1. The molecule has 0 saturated carbocycles. The lowest BCUT2D eigenvalue weighted by Gasteiger charge is -2.28. The Labute approximate surface area is 166 Å². The van der Waals surface area contributed by atoms with Crippen molar-refractivity contribution in [1.82, 2.24) is 14.8 Å². The van der Waals surface area contributed by atoms with E-state index in [1.807, 2.05) is 19.0 Å². The van der Waals surface area contributed by atoms with E-state index in [0.29, 0.717) is 29.2 Å². The largest absolute Gasteiger partial charge is 0.503 e. The van der Waals surface area contributed by atoms with E-state index in [9.17, 15) is 19.1 Å². The van der Waals surface area contributed by atoms with Gasteiger partial charge in [0, 0.05) is 13.1 Å². The van der Waals surface area contributed by atoms with Crippen molar-refractivity contribution in [3.63, 3.8) is 0 Å². The van der Waals surface area contributed by atoms with Crippen LogP contribution in [0.2, 0.25) is 0 Å². The first-order valence-electron chi connectivity index (χ1n) is 8.83. The highest BCUT2D eigenvalue weighted by atomic mass is 32.1. The van der Waals surface area contributed by atoms with Gasteiger partial charge in [-0.1, -0.05) is 12.1 Å². The van der Waals surface area contributed by atoms with Crippen molar-refractivity contribution in [1.29, 1.82) is 0 Å². The minimum Gasteiger partial charge on any atom is -0.503 e. The molecular weight excluding hydrogens is 381 g/mol. The maximum Gasteiger partial charge on any atom is 0.290 e. The van der Waals surface area contributed by atoms with Gasteiger partial charge in [-0.3, -0.25) is 9.59 Å². The zero-order valence-electron chi connectivity index (χ0n) is 16.2. The molecule has 2 aromatic rings. The second-order valence-electron chi connectivity index (χ2n) is 6.99. The van der Waals surface area contributed by atoms with E-state index in [-0.39, 0.29) is 5.57 Å². The first-order chi connectivity index (χ1) is 13.2. The van der Waals surface area contributed by atoms with Crippen LogP contribution >= 0.6 is 11.3 Å². The molecule has 1 amide bonds. The zero-order valence-corrected chi connectivity index (χ0v) is 17.0. The first kappa shape index (κ1) is 20.2. The van der Waals surface area contributed by atoms with Gasteiger partial charge in [0.05, 0.1) is 27.2 Å². The van der Waals surface area contributed by atoms with Crippen LogP contribution in [0.15, 0.2) is 35.6 Å². The SMILES string of the molecule is Cc1nc(C)c(C(=O)C2=C(O)C(=O)N(CCN(C)C)[C@@H]2c2ccc(F)cc2)s1. The van der Waals surface area contributed by atoms with E-state index in [0.717, 1.165) is 5.01 Å². The second-order valence-corrected chi connectivity index (χ2v) is 8.20. The molecule has 8 heteroatoms. The van der Waals surface area contributed by atoms with E-state index >= 15 is 0 Å². The number of hydrogen-bond donors (Lipinski definition) is 1. The van der Waals surface area contributed by atoms with Crippen LogP contribution in [0.4, 0.5) is 4.39 Å². The summed E-state index contributed by atoms with van der Waals surface area (Å²) < 4.78 is 13.4. The molecule has 1 aliphatic heterocycles. The Hall–Kier alpha value is -2.58. The molecule has 0 fully saturated rings. The number of ketones is 1. The molecule has 0 unspecified atom stereocenters. The maximum atomic E-state index is 13.4. The Morgan fingerprint density at radius 2 is 1.93 bits per heavy atom. The van der Waals surface area contributed by atoms with Crippen LogP contribution in [-0.4, -0.2) is 58.8 Å². The number of rotatable bonds is 6. The zero-order chi connectivity index (χ0) is 20.6. The van der Waals surface area contributed by atoms with Crippen molar-refractivity contribution in [3.05, 3.63) is 62.6 Å². The normalized spacial score (nSPS) is 17.1. The standard InChI is InChI=1S/C20H22FN3O3S/c1-11-19(28-12(2)22-11)17(25)15-16(13-5-7-14(21)8-6-13)24(10-9-23(3)4)20(27)18(15)26/h5-8,16,26H,9-10H2,1-4H3/t16-/m1/s1. The average Bonchev–Trinajstić information content (AvgIpc) is 3.10. The Bertz CT molecular complexity index is 950. The summed E-state index contributed by atoms with van der Waals surface area (Å²) in [5.41, 5.74) is 1.15. The van der Waals surface area contributed by atoms with Crippen molar-refractivity contribution < 1.29 is 19.1 Å². The number of aromatic nitrogens is 1. The van der Waals surface area contributed by atoms with Crippen LogP contribution in [0.5, 0.6) is 0 Å². The molecule has 0 saturated heterocycles. The Kier molecular flexibility index (Phi) is 5.62. The van der Waals surface area contributed by atoms with Gasteiger partial charge in [-0.05, 0) is 45.6 Å². The van der Waals surface area contributed by atoms with Crippen molar-refractivity contribution in [3.8, 4) is 0 Å². The second kappa shape index (κ2) is 7.81. The highest BCUT2D eigenvalue weighted by Crippen LogP contribution is 2.39. The topological polar surface area (TPSA) is 73.7 Å².